The summed E-state index contributed by atoms with van der Waals surface area (Å²) in [4.78, 5) is 15.7. The third kappa shape index (κ3) is 5.03. The number of hydrogen-bond acceptors (Lipinski definition) is 4. The Balaban J connectivity index is 2.75. The van der Waals surface area contributed by atoms with Crippen molar-refractivity contribution in [1.82, 2.24) is 4.98 Å². The molecular formula is C13H20N2O3. The minimum absolute atomic E-state index is 0.0147. The third-order valence-electron chi connectivity index (χ3n) is 1.75. The highest BCUT2D eigenvalue weighted by molar-refractivity contribution is 5.86. The molecule has 1 amide bonds. The quantitative estimate of drug-likeness (QED) is 0.897. The van der Waals surface area contributed by atoms with E-state index in [-0.39, 0.29) is 6.10 Å². The average molecular weight is 252 g/mol. The van der Waals surface area contributed by atoms with Gasteiger partial charge in [0, 0.05) is 6.20 Å². The summed E-state index contributed by atoms with van der Waals surface area (Å²) in [5.74, 6) is 0.387. The van der Waals surface area contributed by atoms with Crippen LogP contribution in [-0.4, -0.2) is 22.8 Å². The summed E-state index contributed by atoms with van der Waals surface area (Å²) in [6.07, 6.45) is 1.07. The van der Waals surface area contributed by atoms with E-state index in [1.54, 1.807) is 39.1 Å². The van der Waals surface area contributed by atoms with E-state index in [1.165, 1.54) is 0 Å². The zero-order valence-electron chi connectivity index (χ0n) is 11.5. The maximum Gasteiger partial charge on any atom is 0.412 e. The van der Waals surface area contributed by atoms with E-state index in [1.807, 2.05) is 13.8 Å². The van der Waals surface area contributed by atoms with Gasteiger partial charge in [0.15, 0.2) is 0 Å². The van der Waals surface area contributed by atoms with Gasteiger partial charge in [-0.05, 0) is 46.8 Å². The summed E-state index contributed by atoms with van der Waals surface area (Å²) in [6.45, 7) is 9.21. The number of hydrogen-bond donors (Lipinski definition) is 1. The summed E-state index contributed by atoms with van der Waals surface area (Å²) in [5.41, 5.74) is -0.0359. The first-order chi connectivity index (χ1) is 8.28. The molecule has 0 saturated heterocycles. The van der Waals surface area contributed by atoms with E-state index >= 15 is 0 Å². The second-order valence-corrected chi connectivity index (χ2v) is 5.15. The van der Waals surface area contributed by atoms with Gasteiger partial charge in [-0.1, -0.05) is 0 Å². The van der Waals surface area contributed by atoms with Gasteiger partial charge in [0.1, 0.15) is 11.3 Å². The summed E-state index contributed by atoms with van der Waals surface area (Å²) in [5, 5.41) is 2.62. The molecule has 18 heavy (non-hydrogen) atoms. The molecule has 0 aromatic carbocycles. The number of carbonyl (C=O) groups is 1. The van der Waals surface area contributed by atoms with Gasteiger partial charge in [-0.15, -0.1) is 0 Å². The second-order valence-electron chi connectivity index (χ2n) is 5.15. The molecule has 0 aliphatic rings. The fourth-order valence-electron chi connectivity index (χ4n) is 1.22. The van der Waals surface area contributed by atoms with Crippen molar-refractivity contribution < 1.29 is 14.3 Å². The number of nitrogens with zero attached hydrogens (tertiary/aromatic N) is 1. The standard InChI is InChI=1S/C13H20N2O3/c1-9(2)17-11-10(7-6-8-14-11)15-12(16)18-13(3,4)5/h6-9H,1-5H3,(H,15,16). The monoisotopic (exact) mass is 252 g/mol. The zero-order valence-corrected chi connectivity index (χ0v) is 11.5. The lowest BCUT2D eigenvalue weighted by Crippen LogP contribution is -2.27. The summed E-state index contributed by atoms with van der Waals surface area (Å²) in [6, 6.07) is 3.44. The highest BCUT2D eigenvalue weighted by atomic mass is 16.6. The average Bonchev–Trinajstić information content (AvgIpc) is 2.17. The fourth-order valence-corrected chi connectivity index (χ4v) is 1.22. The minimum atomic E-state index is -0.536. The molecule has 1 aromatic rings. The normalized spacial score (nSPS) is 11.2. The van der Waals surface area contributed by atoms with Gasteiger partial charge in [-0.3, -0.25) is 5.32 Å². The van der Waals surface area contributed by atoms with Crippen molar-refractivity contribution in [3.05, 3.63) is 18.3 Å². The molecule has 5 heteroatoms. The zero-order chi connectivity index (χ0) is 13.8. The molecule has 1 N–H and O–H groups in total. The van der Waals surface area contributed by atoms with Crippen molar-refractivity contribution in [3.8, 4) is 5.88 Å². The molecular weight excluding hydrogens is 232 g/mol. The molecule has 1 heterocycles. The molecule has 0 bridgehead atoms. The van der Waals surface area contributed by atoms with E-state index in [4.69, 9.17) is 9.47 Å². The van der Waals surface area contributed by atoms with Gasteiger partial charge < -0.3 is 9.47 Å². The first-order valence-electron chi connectivity index (χ1n) is 5.89. The van der Waals surface area contributed by atoms with Gasteiger partial charge in [0.2, 0.25) is 5.88 Å². The highest BCUT2D eigenvalue weighted by Crippen LogP contribution is 2.22. The number of ether oxygens (including phenoxy) is 2. The van der Waals surface area contributed by atoms with E-state index in [9.17, 15) is 4.79 Å². The molecule has 1 rings (SSSR count). The second kappa shape index (κ2) is 5.71. The Labute approximate surface area is 108 Å². The first kappa shape index (κ1) is 14.3. The van der Waals surface area contributed by atoms with Crippen LogP contribution in [0.5, 0.6) is 5.88 Å². The first-order valence-corrected chi connectivity index (χ1v) is 5.89. The largest absolute Gasteiger partial charge is 0.473 e. The SMILES string of the molecule is CC(C)Oc1ncccc1NC(=O)OC(C)(C)C. The topological polar surface area (TPSA) is 60.5 Å². The van der Waals surface area contributed by atoms with Gasteiger partial charge in [0.05, 0.1) is 6.10 Å². The maximum absolute atomic E-state index is 11.6. The van der Waals surface area contributed by atoms with Gasteiger partial charge in [0.25, 0.3) is 0 Å². The van der Waals surface area contributed by atoms with Gasteiger partial charge in [-0.25, -0.2) is 9.78 Å². The van der Waals surface area contributed by atoms with Crippen LogP contribution in [-0.2, 0) is 4.74 Å². The van der Waals surface area contributed by atoms with Crippen molar-refractivity contribution in [2.45, 2.75) is 46.3 Å². The Hall–Kier alpha value is -1.78. The molecule has 0 fully saturated rings. The summed E-state index contributed by atoms with van der Waals surface area (Å²) in [7, 11) is 0. The van der Waals surface area contributed by atoms with Crippen molar-refractivity contribution in [1.29, 1.82) is 0 Å². The summed E-state index contributed by atoms with van der Waals surface area (Å²) >= 11 is 0. The Bertz CT molecular complexity index is 411. The Morgan fingerprint density at radius 3 is 2.61 bits per heavy atom. The molecule has 0 unspecified atom stereocenters. The smallest absolute Gasteiger partial charge is 0.412 e. The molecule has 1 aromatic heterocycles. The molecule has 0 atom stereocenters. The number of aromatic nitrogens is 1. The van der Waals surface area contributed by atoms with Crippen LogP contribution in [0.15, 0.2) is 18.3 Å². The van der Waals surface area contributed by atoms with Crippen LogP contribution in [0.3, 0.4) is 0 Å². The van der Waals surface area contributed by atoms with Crippen LogP contribution < -0.4 is 10.1 Å². The van der Waals surface area contributed by atoms with E-state index < -0.39 is 11.7 Å². The number of nitrogens with one attached hydrogen (secondary N) is 1. The van der Waals surface area contributed by atoms with Crippen LogP contribution in [0.1, 0.15) is 34.6 Å². The lowest BCUT2D eigenvalue weighted by Gasteiger charge is -2.20. The molecule has 0 radical (unpaired) electrons. The molecule has 0 aliphatic heterocycles. The lowest BCUT2D eigenvalue weighted by molar-refractivity contribution is 0.0634. The van der Waals surface area contributed by atoms with Crippen molar-refractivity contribution in [2.24, 2.45) is 0 Å². The van der Waals surface area contributed by atoms with Crippen LogP contribution in [0.4, 0.5) is 10.5 Å². The van der Waals surface area contributed by atoms with Crippen LogP contribution in [0.2, 0.25) is 0 Å². The van der Waals surface area contributed by atoms with Crippen molar-refractivity contribution >= 4 is 11.8 Å². The van der Waals surface area contributed by atoms with Crippen LogP contribution in [0.25, 0.3) is 0 Å². The van der Waals surface area contributed by atoms with E-state index in [0.29, 0.717) is 11.6 Å². The van der Waals surface area contributed by atoms with E-state index in [2.05, 4.69) is 10.3 Å². The minimum Gasteiger partial charge on any atom is -0.473 e. The Morgan fingerprint density at radius 1 is 1.39 bits per heavy atom. The van der Waals surface area contributed by atoms with Gasteiger partial charge in [-0.2, -0.15) is 0 Å². The number of carbonyl (C=O) groups excluding carboxylic acids is 1. The third-order valence-corrected chi connectivity index (χ3v) is 1.75. The predicted molar refractivity (Wildman–Crippen MR) is 69.9 cm³/mol. The van der Waals surface area contributed by atoms with Gasteiger partial charge >= 0.3 is 6.09 Å². The van der Waals surface area contributed by atoms with Crippen molar-refractivity contribution in [3.63, 3.8) is 0 Å². The Morgan fingerprint density at radius 2 is 2.06 bits per heavy atom. The van der Waals surface area contributed by atoms with Crippen molar-refractivity contribution in [2.75, 3.05) is 5.32 Å². The van der Waals surface area contributed by atoms with Crippen LogP contribution >= 0.6 is 0 Å². The molecule has 0 spiro atoms. The molecule has 5 nitrogen and oxygen atoms in total. The summed E-state index contributed by atoms with van der Waals surface area (Å²) < 4.78 is 10.7. The van der Waals surface area contributed by atoms with E-state index in [0.717, 1.165) is 0 Å². The fraction of sp³-hybridized carbons (Fsp3) is 0.538. The van der Waals surface area contributed by atoms with Crippen LogP contribution in [0, 0.1) is 0 Å². The number of amides is 1. The molecule has 0 aliphatic carbocycles. The number of pyridine rings is 1. The molecule has 0 saturated carbocycles. The highest BCUT2D eigenvalue weighted by Gasteiger charge is 2.18. The lowest BCUT2D eigenvalue weighted by atomic mass is 10.2. The number of rotatable bonds is 3. The maximum atomic E-state index is 11.6. The molecule has 100 valence electrons. The number of anilines is 1. The predicted octanol–water partition coefficient (Wildman–Crippen LogP) is 3.22. The Kier molecular flexibility index (Phi) is 4.53.